The normalized spacial score (nSPS) is 15.1. The third-order valence-electron chi connectivity index (χ3n) is 2.90. The van der Waals surface area contributed by atoms with Gasteiger partial charge in [0, 0.05) is 30.0 Å². The van der Waals surface area contributed by atoms with Crippen LogP contribution in [0.25, 0.3) is 0 Å². The minimum Gasteiger partial charge on any atom is -0.396 e. The van der Waals surface area contributed by atoms with Gasteiger partial charge in [-0.2, -0.15) is 4.99 Å². The molecular weight excluding hydrogens is 308 g/mol. The lowest BCUT2D eigenvalue weighted by Gasteiger charge is -2.25. The highest BCUT2D eigenvalue weighted by atomic mass is 19.1. The second kappa shape index (κ2) is 8.73. The molecule has 0 saturated carbocycles. The zero-order valence-corrected chi connectivity index (χ0v) is 12.0. The molecule has 4 N–H and O–H groups in total. The van der Waals surface area contributed by atoms with E-state index in [1.54, 1.807) is 0 Å². The topological polar surface area (TPSA) is 108 Å². The molecule has 0 aliphatic heterocycles. The number of nitrogens with zero attached hydrogens (tertiary/aromatic N) is 2. The van der Waals surface area contributed by atoms with Gasteiger partial charge in [-0.05, 0) is 18.1 Å². The van der Waals surface area contributed by atoms with Gasteiger partial charge >= 0.3 is 0 Å². The van der Waals surface area contributed by atoms with Crippen LogP contribution < -0.4 is 5.73 Å². The molecular formula is C15H15F2N3O3. The van der Waals surface area contributed by atoms with Crippen molar-refractivity contribution in [1.29, 1.82) is 0 Å². The number of aliphatic hydroxyl groups excluding tert-OH is 1. The molecule has 0 fully saturated rings. The molecule has 0 aromatic heterocycles. The molecule has 0 saturated heterocycles. The van der Waals surface area contributed by atoms with E-state index in [1.165, 1.54) is 0 Å². The summed E-state index contributed by atoms with van der Waals surface area (Å²) in [7, 11) is 0. The number of hydrogen-bond donors (Lipinski definition) is 3. The Labute approximate surface area is 131 Å². The van der Waals surface area contributed by atoms with Gasteiger partial charge in [-0.3, -0.25) is 0 Å². The van der Waals surface area contributed by atoms with Crippen LogP contribution in [0.2, 0.25) is 0 Å². The Morgan fingerprint density at radius 1 is 1.43 bits per heavy atom. The number of aliphatic hydroxyl groups is 2. The van der Waals surface area contributed by atoms with E-state index in [0.717, 1.165) is 24.8 Å². The van der Waals surface area contributed by atoms with Crippen molar-refractivity contribution in [2.75, 3.05) is 6.61 Å². The second-order valence-electron chi connectivity index (χ2n) is 4.55. The Kier molecular flexibility index (Phi) is 6.99. The first-order chi connectivity index (χ1) is 11.0. The number of aliphatic imine (C=N–C) groups is 2. The van der Waals surface area contributed by atoms with Crippen molar-refractivity contribution < 1.29 is 23.8 Å². The Bertz CT molecular complexity index is 668. The summed E-state index contributed by atoms with van der Waals surface area (Å²) in [4.78, 5) is 17.8. The van der Waals surface area contributed by atoms with Gasteiger partial charge in [-0.1, -0.05) is 0 Å². The number of nitrogens with two attached hydrogens (primary N) is 1. The van der Waals surface area contributed by atoms with E-state index in [4.69, 9.17) is 10.8 Å². The van der Waals surface area contributed by atoms with E-state index in [9.17, 15) is 18.7 Å². The fourth-order valence-electron chi connectivity index (χ4n) is 1.81. The van der Waals surface area contributed by atoms with E-state index in [2.05, 4.69) is 21.9 Å². The number of aldehydes is 1. The quantitative estimate of drug-likeness (QED) is 0.303. The van der Waals surface area contributed by atoms with E-state index >= 15 is 0 Å². The number of carbonyl (C=O) groups excluding carboxylic acids is 1. The zero-order valence-electron chi connectivity index (χ0n) is 12.0. The van der Waals surface area contributed by atoms with Crippen LogP contribution in [-0.4, -0.2) is 35.8 Å². The summed E-state index contributed by atoms with van der Waals surface area (Å²) in [6, 6.07) is 4.74. The van der Waals surface area contributed by atoms with Crippen LogP contribution in [0.5, 0.6) is 0 Å². The number of carbonyl (C=O) groups is 1. The Morgan fingerprint density at radius 3 is 2.74 bits per heavy atom. The minimum atomic E-state index is -2.14. The average Bonchev–Trinajstić information content (AvgIpc) is 2.52. The van der Waals surface area contributed by atoms with Crippen molar-refractivity contribution in [3.05, 3.63) is 35.4 Å². The molecule has 1 rings (SSSR count). The number of benzene rings is 1. The van der Waals surface area contributed by atoms with Crippen molar-refractivity contribution >= 4 is 19.0 Å². The summed E-state index contributed by atoms with van der Waals surface area (Å²) in [6.07, 6.45) is 1.98. The first kappa shape index (κ1) is 18.4. The summed E-state index contributed by atoms with van der Waals surface area (Å²) in [5, 5.41) is 19.7. The Hall–Kier alpha value is -2.63. The van der Waals surface area contributed by atoms with Gasteiger partial charge < -0.3 is 20.7 Å². The first-order valence-corrected chi connectivity index (χ1v) is 6.48. The molecule has 0 aliphatic rings. The summed E-state index contributed by atoms with van der Waals surface area (Å²) >= 11 is 0. The number of rotatable bonds is 6. The summed E-state index contributed by atoms with van der Waals surface area (Å²) in [5.41, 5.74) is 2.52. The van der Waals surface area contributed by atoms with Crippen LogP contribution in [0.1, 0.15) is 12.0 Å². The molecule has 2 atom stereocenters. The van der Waals surface area contributed by atoms with Gasteiger partial charge in [0.2, 0.25) is 0 Å². The molecule has 8 heteroatoms. The summed E-state index contributed by atoms with van der Waals surface area (Å²) < 4.78 is 27.0. The maximum Gasteiger partial charge on any atom is 0.156 e. The van der Waals surface area contributed by atoms with Crippen molar-refractivity contribution in [3.8, 4) is 12.0 Å². The van der Waals surface area contributed by atoms with Crippen LogP contribution >= 0.6 is 0 Å². The highest BCUT2D eigenvalue weighted by molar-refractivity contribution is 5.70. The maximum atomic E-state index is 13.9. The maximum absolute atomic E-state index is 13.9. The Morgan fingerprint density at radius 2 is 2.17 bits per heavy atom. The monoisotopic (exact) mass is 323 g/mol. The van der Waals surface area contributed by atoms with Crippen molar-refractivity contribution in [1.82, 2.24) is 0 Å². The minimum absolute atomic E-state index is 0.329. The van der Waals surface area contributed by atoms with Gasteiger partial charge in [0.1, 0.15) is 24.3 Å². The lowest BCUT2D eigenvalue weighted by atomic mass is 9.85. The molecule has 0 heterocycles. The molecule has 0 aliphatic carbocycles. The molecule has 1 aromatic rings. The SMILES string of the molecule is NC=NC=NC#C[C@@](O)(CC(C=O)CO)c1ccc(F)cc1F. The van der Waals surface area contributed by atoms with E-state index < -0.39 is 36.2 Å². The smallest absolute Gasteiger partial charge is 0.156 e. The third-order valence-corrected chi connectivity index (χ3v) is 2.90. The lowest BCUT2D eigenvalue weighted by molar-refractivity contribution is -0.114. The van der Waals surface area contributed by atoms with E-state index in [1.807, 2.05) is 0 Å². The molecule has 0 amide bonds. The molecule has 0 spiro atoms. The predicted molar refractivity (Wildman–Crippen MR) is 80.5 cm³/mol. The van der Waals surface area contributed by atoms with E-state index in [0.29, 0.717) is 12.4 Å². The third kappa shape index (κ3) is 5.25. The lowest BCUT2D eigenvalue weighted by Crippen LogP contribution is -2.30. The van der Waals surface area contributed by atoms with Gasteiger partial charge in [-0.25, -0.2) is 13.8 Å². The molecule has 1 aromatic carbocycles. The molecule has 0 bridgehead atoms. The molecule has 6 nitrogen and oxygen atoms in total. The van der Waals surface area contributed by atoms with Crippen molar-refractivity contribution in [3.63, 3.8) is 0 Å². The van der Waals surface area contributed by atoms with Crippen LogP contribution in [0.3, 0.4) is 0 Å². The second-order valence-corrected chi connectivity index (χ2v) is 4.55. The van der Waals surface area contributed by atoms with Crippen molar-refractivity contribution in [2.24, 2.45) is 21.6 Å². The first-order valence-electron chi connectivity index (χ1n) is 6.48. The summed E-state index contributed by atoms with van der Waals surface area (Å²) in [5.74, 6) is -0.552. The fourth-order valence-corrected chi connectivity index (χ4v) is 1.81. The van der Waals surface area contributed by atoms with Gasteiger partial charge in [0.25, 0.3) is 0 Å². The fraction of sp³-hybridized carbons (Fsp3) is 0.267. The largest absolute Gasteiger partial charge is 0.396 e. The van der Waals surface area contributed by atoms with Gasteiger partial charge in [0.15, 0.2) is 5.60 Å². The number of halogens is 2. The molecule has 23 heavy (non-hydrogen) atoms. The summed E-state index contributed by atoms with van der Waals surface area (Å²) in [6.45, 7) is -0.558. The van der Waals surface area contributed by atoms with Crippen LogP contribution in [0, 0.1) is 29.5 Å². The van der Waals surface area contributed by atoms with Crippen LogP contribution in [0.15, 0.2) is 28.2 Å². The number of hydrogen-bond acceptors (Lipinski definition) is 4. The van der Waals surface area contributed by atoms with Crippen LogP contribution in [0.4, 0.5) is 8.78 Å². The highest BCUT2D eigenvalue weighted by Gasteiger charge is 2.33. The van der Waals surface area contributed by atoms with Crippen LogP contribution in [-0.2, 0) is 10.4 Å². The zero-order chi connectivity index (χ0) is 17.3. The molecule has 1 unspecified atom stereocenters. The van der Waals surface area contributed by atoms with Crippen molar-refractivity contribution in [2.45, 2.75) is 12.0 Å². The molecule has 0 radical (unpaired) electrons. The average molecular weight is 323 g/mol. The van der Waals surface area contributed by atoms with E-state index in [-0.39, 0.29) is 5.56 Å². The van der Waals surface area contributed by atoms with Gasteiger partial charge in [0.05, 0.1) is 12.9 Å². The highest BCUT2D eigenvalue weighted by Crippen LogP contribution is 2.30. The predicted octanol–water partition coefficient (Wildman–Crippen LogP) is 0.326. The van der Waals surface area contributed by atoms with Gasteiger partial charge in [-0.15, -0.1) is 0 Å². The Balaban J connectivity index is 3.26. The molecule has 122 valence electrons. The standard InChI is InChI=1S/C15H15F2N3O3/c16-12-1-2-13(14(17)5-12)15(23,6-11(7-21)8-22)3-4-19-10-20-9-18/h1-2,5,7,9-11,22-23H,6,8H2,(H2,18,19,20)/t11?,15-/m1/s1.